The van der Waals surface area contributed by atoms with Gasteiger partial charge in [0.25, 0.3) is 0 Å². The van der Waals surface area contributed by atoms with Crippen molar-refractivity contribution in [3.8, 4) is 0 Å². The monoisotopic (exact) mass is 584 g/mol. The van der Waals surface area contributed by atoms with Gasteiger partial charge in [0.05, 0.1) is 0 Å². The van der Waals surface area contributed by atoms with Crippen LogP contribution in [0.3, 0.4) is 0 Å². The second-order valence-electron chi connectivity index (χ2n) is 9.05. The van der Waals surface area contributed by atoms with Gasteiger partial charge in [-0.05, 0) is 27.7 Å². The Labute approximate surface area is 203 Å². The van der Waals surface area contributed by atoms with E-state index < -0.39 is 0 Å². The van der Waals surface area contributed by atoms with E-state index in [1.165, 1.54) is 47.9 Å². The Kier molecular flexibility index (Phi) is 26.6. The molecule has 0 aromatic rings. The van der Waals surface area contributed by atoms with Crippen LogP contribution in [0.2, 0.25) is 0 Å². The van der Waals surface area contributed by atoms with Crippen molar-refractivity contribution in [1.29, 1.82) is 0 Å². The first kappa shape index (κ1) is 34.2. The van der Waals surface area contributed by atoms with Crippen molar-refractivity contribution in [2.75, 3.05) is 0 Å². The van der Waals surface area contributed by atoms with Gasteiger partial charge in [0.2, 0.25) is 0 Å². The van der Waals surface area contributed by atoms with Crippen LogP contribution < -0.4 is 0 Å². The number of rotatable bonds is 4. The van der Waals surface area contributed by atoms with Gasteiger partial charge in [-0.15, -0.1) is 12.8 Å². The molecule has 0 aromatic heterocycles. The van der Waals surface area contributed by atoms with Gasteiger partial charge in [-0.25, -0.2) is 23.3 Å². The van der Waals surface area contributed by atoms with Crippen molar-refractivity contribution in [3.05, 3.63) is 47.6 Å². The van der Waals surface area contributed by atoms with Gasteiger partial charge in [0.1, 0.15) is 0 Å². The number of hydrogen-bond donors (Lipinski definition) is 2. The van der Waals surface area contributed by atoms with Gasteiger partial charge in [-0.2, -0.15) is 12.2 Å². The first-order chi connectivity index (χ1) is 13.8. The molecule has 2 aliphatic carbocycles. The summed E-state index contributed by atoms with van der Waals surface area (Å²) in [6.07, 6.45) is 19.2. The van der Waals surface area contributed by atoms with Gasteiger partial charge < -0.3 is 10.2 Å². The van der Waals surface area contributed by atoms with Crippen molar-refractivity contribution in [2.45, 2.75) is 107 Å². The summed E-state index contributed by atoms with van der Waals surface area (Å²) in [6, 6.07) is 0. The van der Waals surface area contributed by atoms with Crippen LogP contribution in [0.1, 0.15) is 94.9 Å². The van der Waals surface area contributed by atoms with Crippen molar-refractivity contribution >= 4 is 3.26 Å². The molecule has 0 aliphatic heterocycles. The molecule has 2 N–H and O–H groups in total. The second kappa shape index (κ2) is 23.3. The predicted molar refractivity (Wildman–Crippen MR) is 131 cm³/mol. The molecular weight excluding hydrogens is 535 g/mol. The molecule has 0 bridgehead atoms. The molecule has 30 heavy (non-hydrogen) atoms. The Hall–Kier alpha value is -0.380. The minimum atomic E-state index is -0.167. The van der Waals surface area contributed by atoms with Gasteiger partial charge in [0, 0.05) is 12.2 Å². The second-order valence-corrected chi connectivity index (χ2v) is 12.6. The van der Waals surface area contributed by atoms with Gasteiger partial charge >= 0.3 is 41.0 Å². The van der Waals surface area contributed by atoms with Crippen LogP contribution in [0.5, 0.6) is 0 Å². The SMILES string of the molecule is CC(C)CC1=CC[C-]=C1.CC(C)CC1=CC[C-]=C1.CC(C)O.CC(C)O.C[C](C)=[Hf+2]. The van der Waals surface area contributed by atoms with Gasteiger partial charge in [0.15, 0.2) is 0 Å². The Bertz CT molecular complexity index is 469. The summed E-state index contributed by atoms with van der Waals surface area (Å²) < 4.78 is 1.56. The Morgan fingerprint density at radius 1 is 0.767 bits per heavy atom. The van der Waals surface area contributed by atoms with E-state index in [2.05, 4.69) is 78.0 Å². The van der Waals surface area contributed by atoms with Crippen LogP contribution in [-0.4, -0.2) is 25.7 Å². The van der Waals surface area contributed by atoms with Crippen LogP contribution in [0.25, 0.3) is 0 Å². The third-order valence-corrected chi connectivity index (χ3v) is 2.83. The van der Waals surface area contributed by atoms with E-state index in [1.807, 2.05) is 0 Å². The summed E-state index contributed by atoms with van der Waals surface area (Å²) in [4.78, 5) is 0. The molecule has 3 heteroatoms. The Balaban J connectivity index is -0.000000325. The minimum absolute atomic E-state index is 0.167. The molecule has 0 radical (unpaired) electrons. The number of aliphatic hydroxyl groups excluding tert-OH is 2. The fraction of sp³-hybridized carbons (Fsp3) is 0.667. The van der Waals surface area contributed by atoms with E-state index in [1.54, 1.807) is 31.0 Å². The maximum absolute atomic E-state index is 8.06. The van der Waals surface area contributed by atoms with Crippen LogP contribution in [0, 0.1) is 24.0 Å². The number of aliphatic hydroxyl groups is 2. The molecule has 0 atom stereocenters. The molecule has 0 spiro atoms. The third kappa shape index (κ3) is 41.9. The predicted octanol–water partition coefficient (Wildman–Crippen LogP) is 6.96. The molecule has 0 amide bonds. The topological polar surface area (TPSA) is 40.5 Å². The molecule has 0 heterocycles. The zero-order valence-corrected chi connectivity index (χ0v) is 24.9. The molecule has 2 nitrogen and oxygen atoms in total. The molecule has 0 fully saturated rings. The standard InChI is InChI=1S/2C9H13.2C3H8O.C3H6.Hf/c2*1-8(2)7-9-5-3-4-6-9;2*1-3(2)4;1-3-2;/h2*5-6,8H,3,7H2,1-2H3;2*3-4H,1-2H3;1-2H3;/q2*-1;;;;+2. The number of hydrogen-bond acceptors (Lipinski definition) is 2. The van der Waals surface area contributed by atoms with Crippen LogP contribution in [0.15, 0.2) is 35.5 Å². The van der Waals surface area contributed by atoms with E-state index >= 15 is 0 Å². The maximum atomic E-state index is 8.06. The summed E-state index contributed by atoms with van der Waals surface area (Å²) >= 11 is 1.27. The summed E-state index contributed by atoms with van der Waals surface area (Å²) in [7, 11) is 0. The van der Waals surface area contributed by atoms with Crippen LogP contribution >= 0.6 is 0 Å². The molecule has 0 saturated carbocycles. The third-order valence-electron chi connectivity index (χ3n) is 2.83. The van der Waals surface area contributed by atoms with E-state index in [0.29, 0.717) is 0 Å². The Morgan fingerprint density at radius 3 is 1.13 bits per heavy atom. The van der Waals surface area contributed by atoms with Crippen molar-refractivity contribution in [2.24, 2.45) is 11.8 Å². The summed E-state index contributed by atoms with van der Waals surface area (Å²) in [5.74, 6) is 1.57. The van der Waals surface area contributed by atoms with Gasteiger partial charge in [-0.3, -0.25) is 12.2 Å². The summed E-state index contributed by atoms with van der Waals surface area (Å²) in [5, 5.41) is 16.1. The van der Waals surface area contributed by atoms with Crippen molar-refractivity contribution in [1.82, 2.24) is 0 Å². The van der Waals surface area contributed by atoms with Gasteiger partial charge in [-0.1, -0.05) is 52.4 Å². The average Bonchev–Trinajstić information content (AvgIpc) is 3.18. The quantitative estimate of drug-likeness (QED) is 0.278. The fourth-order valence-corrected chi connectivity index (χ4v) is 2.11. The molecule has 172 valence electrons. The Morgan fingerprint density at radius 2 is 1.00 bits per heavy atom. The van der Waals surface area contributed by atoms with E-state index in [0.717, 1.165) is 24.7 Å². The average molecular weight is 583 g/mol. The summed E-state index contributed by atoms with van der Waals surface area (Å²) in [5.41, 5.74) is 2.93. The van der Waals surface area contributed by atoms with Crippen molar-refractivity contribution in [3.63, 3.8) is 0 Å². The molecule has 0 aromatic carbocycles. The first-order valence-corrected chi connectivity index (χ1v) is 13.0. The van der Waals surface area contributed by atoms with E-state index in [9.17, 15) is 0 Å². The van der Waals surface area contributed by atoms with Crippen LogP contribution in [0.4, 0.5) is 0 Å². The van der Waals surface area contributed by atoms with Crippen molar-refractivity contribution < 1.29 is 34.1 Å². The molecule has 2 rings (SSSR count). The summed E-state index contributed by atoms with van der Waals surface area (Å²) in [6.45, 7) is 20.2. The van der Waals surface area contributed by atoms with E-state index in [4.69, 9.17) is 10.2 Å². The fourth-order valence-electron chi connectivity index (χ4n) is 2.11. The van der Waals surface area contributed by atoms with Crippen LogP contribution in [-0.2, 0) is 23.9 Å². The molecular formula is C27H48HfO2. The molecule has 0 unspecified atom stereocenters. The molecule has 0 saturated heterocycles. The first-order valence-electron chi connectivity index (χ1n) is 11.2. The zero-order valence-electron chi connectivity index (χ0n) is 21.3. The van der Waals surface area contributed by atoms with E-state index in [-0.39, 0.29) is 12.2 Å². The number of allylic oxidation sites excluding steroid dienone is 8. The zero-order chi connectivity index (χ0) is 24.1. The normalized spacial score (nSPS) is 13.5. The molecule has 2 aliphatic rings.